The Hall–Kier alpha value is -2.62. The van der Waals surface area contributed by atoms with Crippen molar-refractivity contribution in [2.75, 3.05) is 6.54 Å². The summed E-state index contributed by atoms with van der Waals surface area (Å²) in [5.41, 5.74) is 7.36. The molecule has 1 N–H and O–H groups in total. The van der Waals surface area contributed by atoms with Gasteiger partial charge in [-0.3, -0.25) is 4.79 Å². The van der Waals surface area contributed by atoms with Crippen LogP contribution in [0.5, 0.6) is 0 Å². The summed E-state index contributed by atoms with van der Waals surface area (Å²) < 4.78 is 0. The van der Waals surface area contributed by atoms with Crippen LogP contribution in [0, 0.1) is 23.7 Å². The largest absolute Gasteiger partial charge is 0.340 e. The number of carbonyl (C=O) groups excluding carboxylic acids is 1. The molecule has 33 heavy (non-hydrogen) atoms. The summed E-state index contributed by atoms with van der Waals surface area (Å²) in [6, 6.07) is 6.62. The number of nitrogens with one attached hydrogen (secondary N) is 1. The molecule has 1 saturated heterocycles. The maximum Gasteiger partial charge on any atom is 0.226 e. The summed E-state index contributed by atoms with van der Waals surface area (Å²) in [5, 5.41) is 0. The molecule has 5 rings (SSSR count). The molecule has 4 heteroatoms. The van der Waals surface area contributed by atoms with Crippen molar-refractivity contribution in [1.29, 1.82) is 0 Å². The molecule has 1 aliphatic heterocycles. The second-order valence-electron chi connectivity index (χ2n) is 10.7. The van der Waals surface area contributed by atoms with Crippen LogP contribution in [0.25, 0.3) is 16.6 Å². The first-order chi connectivity index (χ1) is 15.9. The minimum Gasteiger partial charge on any atom is -0.340 e. The fraction of sp³-hybridized carbons (Fsp3) is 0.517. The topological polar surface area (TPSA) is 49.0 Å². The zero-order valence-electron chi connectivity index (χ0n) is 20.5. The van der Waals surface area contributed by atoms with E-state index in [1.54, 1.807) is 0 Å². The third kappa shape index (κ3) is 3.78. The van der Waals surface area contributed by atoms with Gasteiger partial charge in [-0.05, 0) is 85.6 Å². The lowest BCUT2D eigenvalue weighted by Crippen LogP contribution is -2.36. The highest BCUT2D eigenvalue weighted by molar-refractivity contribution is 5.87. The number of hydrogen-bond acceptors (Lipinski definition) is 2. The molecule has 4 atom stereocenters. The number of amides is 1. The van der Waals surface area contributed by atoms with E-state index in [1.807, 2.05) is 6.92 Å². The second kappa shape index (κ2) is 8.62. The van der Waals surface area contributed by atoms with Gasteiger partial charge in [0.15, 0.2) is 0 Å². The third-order valence-electron chi connectivity index (χ3n) is 8.35. The Labute approximate surface area is 197 Å². The molecular formula is C29H37N3O. The highest BCUT2D eigenvalue weighted by Gasteiger charge is 2.42. The number of likely N-dealkylation sites (tertiary alicyclic amines) is 1. The summed E-state index contributed by atoms with van der Waals surface area (Å²) in [6.45, 7) is 13.6. The van der Waals surface area contributed by atoms with E-state index in [0.29, 0.717) is 11.8 Å². The van der Waals surface area contributed by atoms with Gasteiger partial charge in [-0.2, -0.15) is 0 Å². The number of fused-ring (bicyclic) bond motifs is 2. The van der Waals surface area contributed by atoms with Crippen LogP contribution in [0.1, 0.15) is 77.2 Å². The molecule has 1 aromatic heterocycles. The lowest BCUT2D eigenvalue weighted by molar-refractivity contribution is -0.137. The van der Waals surface area contributed by atoms with Crippen LogP contribution in [0.3, 0.4) is 0 Å². The molecular weight excluding hydrogens is 406 g/mol. The lowest BCUT2D eigenvalue weighted by atomic mass is 9.73. The molecule has 2 aliphatic carbocycles. The Balaban J connectivity index is 1.49. The third-order valence-corrected chi connectivity index (χ3v) is 8.35. The highest BCUT2D eigenvalue weighted by Crippen LogP contribution is 2.54. The smallest absolute Gasteiger partial charge is 0.226 e. The monoisotopic (exact) mass is 443 g/mol. The number of allylic oxidation sites excluding steroid dienone is 5. The number of imidazole rings is 1. The molecule has 2 saturated carbocycles. The second-order valence-corrected chi connectivity index (χ2v) is 10.7. The van der Waals surface area contributed by atoms with Crippen molar-refractivity contribution in [2.45, 2.75) is 65.8 Å². The van der Waals surface area contributed by atoms with Crippen molar-refractivity contribution in [1.82, 2.24) is 14.9 Å². The molecule has 4 unspecified atom stereocenters. The normalized spacial score (nSPS) is 27.5. The summed E-state index contributed by atoms with van der Waals surface area (Å²) in [6.07, 6.45) is 10.2. The number of H-pyrrole nitrogens is 1. The molecule has 1 aromatic carbocycles. The van der Waals surface area contributed by atoms with Crippen molar-refractivity contribution in [3.63, 3.8) is 0 Å². The number of aromatic nitrogens is 2. The van der Waals surface area contributed by atoms with Crippen LogP contribution in [0.4, 0.5) is 0 Å². The van der Waals surface area contributed by atoms with Crippen LogP contribution in [0.15, 0.2) is 48.1 Å². The number of hydrogen-bond donors (Lipinski definition) is 1. The number of rotatable bonds is 5. The molecule has 3 aliphatic rings. The van der Waals surface area contributed by atoms with E-state index < -0.39 is 0 Å². The zero-order valence-corrected chi connectivity index (χ0v) is 20.5. The van der Waals surface area contributed by atoms with Gasteiger partial charge >= 0.3 is 0 Å². The molecule has 3 fully saturated rings. The molecule has 0 bridgehead atoms. The summed E-state index contributed by atoms with van der Waals surface area (Å²) in [7, 11) is 0. The lowest BCUT2D eigenvalue weighted by Gasteiger charge is -2.31. The molecule has 2 heterocycles. The van der Waals surface area contributed by atoms with Gasteiger partial charge in [-0.25, -0.2) is 4.98 Å². The minimum atomic E-state index is 0.0337. The zero-order chi connectivity index (χ0) is 23.3. The van der Waals surface area contributed by atoms with Gasteiger partial charge in [0.25, 0.3) is 0 Å². The molecule has 4 nitrogen and oxygen atoms in total. The van der Waals surface area contributed by atoms with Crippen molar-refractivity contribution in [2.24, 2.45) is 23.7 Å². The minimum absolute atomic E-state index is 0.0337. The molecule has 174 valence electrons. The molecule has 0 spiro atoms. The summed E-state index contributed by atoms with van der Waals surface area (Å²) in [4.78, 5) is 23.7. The van der Waals surface area contributed by atoms with Gasteiger partial charge < -0.3 is 9.88 Å². The Morgan fingerprint density at radius 2 is 2.06 bits per heavy atom. The van der Waals surface area contributed by atoms with Gasteiger partial charge in [0.1, 0.15) is 5.82 Å². The van der Waals surface area contributed by atoms with Gasteiger partial charge in [-0.15, -0.1) is 0 Å². The van der Waals surface area contributed by atoms with Gasteiger partial charge in [0.2, 0.25) is 5.91 Å². The van der Waals surface area contributed by atoms with Crippen LogP contribution >= 0.6 is 0 Å². The standard InChI is InChI=1S/C29H37N3O/c1-6-8-22(27-18(4)15-20-10-12-23(20)27)21-11-13-24-25(16-21)31-28(30-24)26-9-7-14-32(26)29(33)19(5)17(2)3/h6,8,11,13,16-17,19-20,23,26H,4,7,9-10,12,14-15H2,1-3,5H3,(H,30,31)/b8-6-,27-22-. The average molecular weight is 444 g/mol. The number of nitrogens with zero attached hydrogens (tertiary/aromatic N) is 2. The summed E-state index contributed by atoms with van der Waals surface area (Å²) >= 11 is 0. The number of carbonyl (C=O) groups is 1. The van der Waals surface area contributed by atoms with Crippen LogP contribution < -0.4 is 0 Å². The maximum absolute atomic E-state index is 13.1. The highest BCUT2D eigenvalue weighted by atomic mass is 16.2. The Bertz CT molecular complexity index is 1150. The number of benzene rings is 1. The van der Waals surface area contributed by atoms with Gasteiger partial charge in [0.05, 0.1) is 17.1 Å². The Morgan fingerprint density at radius 3 is 2.73 bits per heavy atom. The van der Waals surface area contributed by atoms with Crippen molar-refractivity contribution in [3.05, 3.63) is 59.5 Å². The first-order valence-corrected chi connectivity index (χ1v) is 12.7. The number of aromatic amines is 1. The van der Waals surface area contributed by atoms with E-state index in [0.717, 1.165) is 48.6 Å². The van der Waals surface area contributed by atoms with Crippen molar-refractivity contribution < 1.29 is 4.79 Å². The maximum atomic E-state index is 13.1. The van der Waals surface area contributed by atoms with E-state index in [-0.39, 0.29) is 17.9 Å². The predicted octanol–water partition coefficient (Wildman–Crippen LogP) is 6.83. The van der Waals surface area contributed by atoms with E-state index in [9.17, 15) is 4.79 Å². The SMILES string of the molecule is C=C1CC2CCC2/C1=C(/C=C\C)c1ccc2nc(C3CCCN3C(=O)C(C)C(C)C)[nH]c2c1. The van der Waals surface area contributed by atoms with E-state index >= 15 is 0 Å². The quantitative estimate of drug-likeness (QED) is 0.550. The van der Waals surface area contributed by atoms with Crippen molar-refractivity contribution >= 4 is 22.5 Å². The van der Waals surface area contributed by atoms with E-state index in [2.05, 4.69) is 67.6 Å². The van der Waals surface area contributed by atoms with Crippen molar-refractivity contribution in [3.8, 4) is 0 Å². The van der Waals surface area contributed by atoms with Gasteiger partial charge in [-0.1, -0.05) is 51.1 Å². The van der Waals surface area contributed by atoms with Crippen LogP contribution in [-0.4, -0.2) is 27.3 Å². The Kier molecular flexibility index (Phi) is 5.80. The molecule has 0 radical (unpaired) electrons. The fourth-order valence-corrected chi connectivity index (χ4v) is 6.00. The van der Waals surface area contributed by atoms with E-state index in [1.165, 1.54) is 35.1 Å². The van der Waals surface area contributed by atoms with Gasteiger partial charge in [0, 0.05) is 12.5 Å². The predicted molar refractivity (Wildman–Crippen MR) is 135 cm³/mol. The molecule has 2 aromatic rings. The fourth-order valence-electron chi connectivity index (χ4n) is 6.00. The van der Waals surface area contributed by atoms with E-state index in [4.69, 9.17) is 4.98 Å². The van der Waals surface area contributed by atoms with Crippen LogP contribution in [0.2, 0.25) is 0 Å². The van der Waals surface area contributed by atoms with Crippen LogP contribution in [-0.2, 0) is 4.79 Å². The Morgan fingerprint density at radius 1 is 1.24 bits per heavy atom. The molecule has 1 amide bonds. The first kappa shape index (κ1) is 22.2. The average Bonchev–Trinajstić information content (AvgIpc) is 3.48. The first-order valence-electron chi connectivity index (χ1n) is 12.7. The summed E-state index contributed by atoms with van der Waals surface area (Å²) in [5.74, 6) is 3.03.